The number of hydrogen-bond acceptors (Lipinski definition) is 6. The van der Waals surface area contributed by atoms with E-state index in [2.05, 4.69) is 59.8 Å². The fourth-order valence-corrected chi connectivity index (χ4v) is 4.34. The van der Waals surface area contributed by atoms with Gasteiger partial charge in [-0.05, 0) is 42.8 Å². The summed E-state index contributed by atoms with van der Waals surface area (Å²) in [5.41, 5.74) is 0. The molecule has 0 amide bonds. The van der Waals surface area contributed by atoms with E-state index in [-0.39, 0.29) is 0 Å². The van der Waals surface area contributed by atoms with E-state index < -0.39 is 0 Å². The smallest absolute Gasteiger partial charge is 0.225 e. The summed E-state index contributed by atoms with van der Waals surface area (Å²) in [7, 11) is 1.84. The topological polar surface area (TPSA) is 68.7 Å². The van der Waals surface area contributed by atoms with Crippen molar-refractivity contribution >= 4 is 23.2 Å². The zero-order valence-corrected chi connectivity index (χ0v) is 18.4. The molecule has 0 spiro atoms. The highest BCUT2D eigenvalue weighted by atomic mass is 32.1. The molecule has 29 heavy (non-hydrogen) atoms. The average Bonchev–Trinajstić information content (AvgIpc) is 3.27. The highest BCUT2D eigenvalue weighted by molar-refractivity contribution is 7.09. The number of nitrogens with one attached hydrogen (secondary N) is 2. The SMILES string of the molecule is CN=C(NCCCN1CCN(c2ncccn2)CC1)NCC(C)Cc1cccs1. The number of hydrogen-bond donors (Lipinski definition) is 2. The lowest BCUT2D eigenvalue weighted by Crippen LogP contribution is -2.47. The van der Waals surface area contributed by atoms with Crippen LogP contribution in [-0.2, 0) is 6.42 Å². The minimum atomic E-state index is 0.581. The number of aliphatic imine (C=N–C) groups is 1. The normalized spacial score (nSPS) is 16.6. The van der Waals surface area contributed by atoms with E-state index in [1.54, 1.807) is 0 Å². The number of guanidine groups is 1. The fourth-order valence-electron chi connectivity index (χ4n) is 3.47. The van der Waals surface area contributed by atoms with E-state index in [0.29, 0.717) is 5.92 Å². The van der Waals surface area contributed by atoms with Gasteiger partial charge in [0.2, 0.25) is 5.95 Å². The van der Waals surface area contributed by atoms with Crippen molar-refractivity contribution in [2.24, 2.45) is 10.9 Å². The second-order valence-electron chi connectivity index (χ2n) is 7.50. The Labute approximate surface area is 178 Å². The molecule has 0 aromatic carbocycles. The molecule has 2 N–H and O–H groups in total. The molecule has 1 atom stereocenters. The Morgan fingerprint density at radius 2 is 1.97 bits per heavy atom. The van der Waals surface area contributed by atoms with Crippen molar-refractivity contribution in [2.45, 2.75) is 19.8 Å². The summed E-state index contributed by atoms with van der Waals surface area (Å²) in [6, 6.07) is 6.19. The van der Waals surface area contributed by atoms with Crippen molar-refractivity contribution in [3.05, 3.63) is 40.8 Å². The number of anilines is 1. The molecule has 2 aromatic rings. The number of aromatic nitrogens is 2. The molecule has 158 valence electrons. The van der Waals surface area contributed by atoms with Crippen LogP contribution in [0.1, 0.15) is 18.2 Å². The average molecular weight is 416 g/mol. The molecule has 0 saturated carbocycles. The Kier molecular flexibility index (Phi) is 8.70. The Morgan fingerprint density at radius 3 is 2.66 bits per heavy atom. The number of thiophene rings is 1. The number of piperazine rings is 1. The second kappa shape index (κ2) is 11.7. The fraction of sp³-hybridized carbons (Fsp3) is 0.571. The number of nitrogens with zero attached hydrogens (tertiary/aromatic N) is 5. The molecule has 7 nitrogen and oxygen atoms in total. The van der Waals surface area contributed by atoms with Gasteiger partial charge in [0.15, 0.2) is 5.96 Å². The van der Waals surface area contributed by atoms with E-state index in [4.69, 9.17) is 0 Å². The molecule has 0 bridgehead atoms. The maximum absolute atomic E-state index is 4.35. The van der Waals surface area contributed by atoms with Crippen LogP contribution in [0.15, 0.2) is 41.0 Å². The maximum atomic E-state index is 4.35. The van der Waals surface area contributed by atoms with Crippen molar-refractivity contribution in [3.8, 4) is 0 Å². The highest BCUT2D eigenvalue weighted by Gasteiger charge is 2.18. The molecule has 1 aliphatic heterocycles. The zero-order chi connectivity index (χ0) is 20.3. The lowest BCUT2D eigenvalue weighted by Gasteiger charge is -2.34. The summed E-state index contributed by atoms with van der Waals surface area (Å²) in [4.78, 5) is 19.3. The summed E-state index contributed by atoms with van der Waals surface area (Å²) in [5, 5.41) is 9.04. The predicted molar refractivity (Wildman–Crippen MR) is 122 cm³/mol. The van der Waals surface area contributed by atoms with Gasteiger partial charge in [0.1, 0.15) is 0 Å². The molecule has 3 heterocycles. The van der Waals surface area contributed by atoms with Crippen LogP contribution in [0.25, 0.3) is 0 Å². The highest BCUT2D eigenvalue weighted by Crippen LogP contribution is 2.13. The molecule has 1 fully saturated rings. The van der Waals surface area contributed by atoms with Crippen LogP contribution in [0.2, 0.25) is 0 Å². The van der Waals surface area contributed by atoms with Crippen molar-refractivity contribution in [1.29, 1.82) is 0 Å². The minimum absolute atomic E-state index is 0.581. The van der Waals surface area contributed by atoms with Crippen LogP contribution in [0.4, 0.5) is 5.95 Å². The van der Waals surface area contributed by atoms with Gasteiger partial charge in [0, 0.05) is 63.6 Å². The predicted octanol–water partition coefficient (Wildman–Crippen LogP) is 2.09. The molecular weight excluding hydrogens is 382 g/mol. The molecule has 3 rings (SSSR count). The van der Waals surface area contributed by atoms with Crippen LogP contribution in [-0.4, -0.2) is 73.7 Å². The monoisotopic (exact) mass is 415 g/mol. The minimum Gasteiger partial charge on any atom is -0.356 e. The van der Waals surface area contributed by atoms with Crippen LogP contribution in [0.3, 0.4) is 0 Å². The van der Waals surface area contributed by atoms with Gasteiger partial charge >= 0.3 is 0 Å². The molecule has 2 aromatic heterocycles. The third-order valence-electron chi connectivity index (χ3n) is 5.12. The van der Waals surface area contributed by atoms with Crippen LogP contribution in [0, 0.1) is 5.92 Å². The maximum Gasteiger partial charge on any atom is 0.225 e. The van der Waals surface area contributed by atoms with E-state index in [1.807, 2.05) is 36.8 Å². The van der Waals surface area contributed by atoms with Gasteiger partial charge in [-0.2, -0.15) is 0 Å². The van der Waals surface area contributed by atoms with E-state index in [9.17, 15) is 0 Å². The van der Waals surface area contributed by atoms with Crippen LogP contribution < -0.4 is 15.5 Å². The van der Waals surface area contributed by atoms with E-state index >= 15 is 0 Å². The lowest BCUT2D eigenvalue weighted by molar-refractivity contribution is 0.254. The van der Waals surface area contributed by atoms with Crippen molar-refractivity contribution in [1.82, 2.24) is 25.5 Å². The third-order valence-corrected chi connectivity index (χ3v) is 6.02. The van der Waals surface area contributed by atoms with Gasteiger partial charge in [-0.3, -0.25) is 9.89 Å². The first kappa shape index (κ1) is 21.5. The lowest BCUT2D eigenvalue weighted by atomic mass is 10.1. The van der Waals surface area contributed by atoms with Crippen molar-refractivity contribution in [3.63, 3.8) is 0 Å². The quantitative estimate of drug-likeness (QED) is 0.371. The van der Waals surface area contributed by atoms with Crippen molar-refractivity contribution < 1.29 is 0 Å². The molecule has 0 aliphatic carbocycles. The van der Waals surface area contributed by atoms with Gasteiger partial charge in [0.05, 0.1) is 0 Å². The first-order valence-electron chi connectivity index (χ1n) is 10.5. The largest absolute Gasteiger partial charge is 0.356 e. The first-order chi connectivity index (χ1) is 14.2. The van der Waals surface area contributed by atoms with Gasteiger partial charge in [-0.15, -0.1) is 11.3 Å². The molecule has 1 saturated heterocycles. The Balaban J connectivity index is 1.26. The number of rotatable bonds is 9. The van der Waals surface area contributed by atoms with Gasteiger partial charge < -0.3 is 15.5 Å². The summed E-state index contributed by atoms with van der Waals surface area (Å²) in [6.45, 7) is 9.34. The van der Waals surface area contributed by atoms with Gasteiger partial charge in [-0.1, -0.05) is 13.0 Å². The molecule has 1 aliphatic rings. The summed E-state index contributed by atoms with van der Waals surface area (Å²) in [5.74, 6) is 2.32. The Hall–Kier alpha value is -2.19. The third kappa shape index (κ3) is 7.29. The summed E-state index contributed by atoms with van der Waals surface area (Å²) >= 11 is 1.83. The Bertz CT molecular complexity index is 712. The van der Waals surface area contributed by atoms with E-state index in [0.717, 1.165) is 70.6 Å². The standard InChI is InChI=1S/C21H33N7S/c1-18(16-19-6-3-15-29-19)17-26-20(22-2)23-9-5-10-27-11-13-28(14-12-27)21-24-7-4-8-25-21/h3-4,6-8,15,18H,5,9-14,16-17H2,1-2H3,(H2,22,23,26). The first-order valence-corrected chi connectivity index (χ1v) is 11.3. The molecule has 0 radical (unpaired) electrons. The molecule has 1 unspecified atom stereocenters. The molecule has 8 heteroatoms. The zero-order valence-electron chi connectivity index (χ0n) is 17.5. The molecular formula is C21H33N7S. The Morgan fingerprint density at radius 1 is 1.17 bits per heavy atom. The van der Waals surface area contributed by atoms with Gasteiger partial charge in [-0.25, -0.2) is 9.97 Å². The summed E-state index contributed by atoms with van der Waals surface area (Å²) < 4.78 is 0. The van der Waals surface area contributed by atoms with Crippen molar-refractivity contribution in [2.75, 3.05) is 57.8 Å². The van der Waals surface area contributed by atoms with E-state index in [1.165, 1.54) is 4.88 Å². The summed E-state index contributed by atoms with van der Waals surface area (Å²) in [6.07, 6.45) is 5.84. The second-order valence-corrected chi connectivity index (χ2v) is 8.53. The van der Waals surface area contributed by atoms with Gasteiger partial charge in [0.25, 0.3) is 0 Å². The van der Waals surface area contributed by atoms with Crippen LogP contribution >= 0.6 is 11.3 Å². The van der Waals surface area contributed by atoms with Crippen LogP contribution in [0.5, 0.6) is 0 Å².